The van der Waals surface area contributed by atoms with Crippen molar-refractivity contribution in [1.29, 1.82) is 0 Å². The lowest BCUT2D eigenvalue weighted by Gasteiger charge is -2.28. The first-order valence-electron chi connectivity index (χ1n) is 7.77. The number of hydrogen-bond donors (Lipinski definition) is 1. The summed E-state index contributed by atoms with van der Waals surface area (Å²) in [6, 6.07) is -0.509. The third-order valence-corrected chi connectivity index (χ3v) is 4.72. The molecule has 0 spiro atoms. The molecule has 7 heteroatoms. The summed E-state index contributed by atoms with van der Waals surface area (Å²) in [5.41, 5.74) is -0.559. The highest BCUT2D eigenvalue weighted by molar-refractivity contribution is 7.99. The molecular weight excluding hydrogens is 304 g/mol. The molecule has 2 rings (SSSR count). The number of thioether (sulfide) groups is 1. The molecule has 0 aromatic carbocycles. The predicted octanol–water partition coefficient (Wildman–Crippen LogP) is 1.98. The average Bonchev–Trinajstić information content (AvgIpc) is 3.08. The van der Waals surface area contributed by atoms with E-state index >= 15 is 0 Å². The fraction of sp³-hybridized carbons (Fsp3) is 0.867. The maximum Gasteiger partial charge on any atom is 0.411 e. The molecule has 0 saturated carbocycles. The van der Waals surface area contributed by atoms with Crippen LogP contribution < -0.4 is 5.32 Å². The molecule has 0 radical (unpaired) electrons. The number of carbonyl (C=O) groups excluding carboxylic acids is 2. The summed E-state index contributed by atoms with van der Waals surface area (Å²) in [4.78, 5) is 26.2. The Morgan fingerprint density at radius 2 is 2.14 bits per heavy atom. The minimum atomic E-state index is -0.559. The van der Waals surface area contributed by atoms with E-state index in [9.17, 15) is 9.59 Å². The second-order valence-corrected chi connectivity index (χ2v) is 7.81. The molecule has 3 atom stereocenters. The standard InChI is InChI=1S/C15H26N2O4S/c1-10(12-6-5-7-20-12)16-13(18)11-8-22-9-17(11)14(19)21-15(2,3)4/h10-12H,5-9H2,1-4H3,(H,16,18)/t10?,11-,12?/m0/s1. The number of amides is 2. The van der Waals surface area contributed by atoms with Gasteiger partial charge in [-0.2, -0.15) is 0 Å². The lowest BCUT2D eigenvalue weighted by molar-refractivity contribution is -0.126. The van der Waals surface area contributed by atoms with Gasteiger partial charge in [-0.15, -0.1) is 11.8 Å². The van der Waals surface area contributed by atoms with E-state index in [2.05, 4.69) is 5.32 Å². The number of nitrogens with zero attached hydrogens (tertiary/aromatic N) is 1. The molecule has 1 N–H and O–H groups in total. The molecule has 0 aliphatic carbocycles. The Bertz CT molecular complexity index is 418. The molecule has 22 heavy (non-hydrogen) atoms. The van der Waals surface area contributed by atoms with Gasteiger partial charge in [-0.3, -0.25) is 9.69 Å². The number of hydrogen-bond acceptors (Lipinski definition) is 5. The number of nitrogens with one attached hydrogen (secondary N) is 1. The summed E-state index contributed by atoms with van der Waals surface area (Å²) >= 11 is 1.57. The first-order chi connectivity index (χ1) is 10.3. The zero-order valence-corrected chi connectivity index (χ0v) is 14.6. The molecule has 2 saturated heterocycles. The monoisotopic (exact) mass is 330 g/mol. The largest absolute Gasteiger partial charge is 0.444 e. The van der Waals surface area contributed by atoms with Crippen molar-refractivity contribution in [2.75, 3.05) is 18.2 Å². The first kappa shape index (κ1) is 17.4. The molecule has 6 nitrogen and oxygen atoms in total. The highest BCUT2D eigenvalue weighted by Crippen LogP contribution is 2.24. The van der Waals surface area contributed by atoms with Crippen LogP contribution >= 0.6 is 11.8 Å². The van der Waals surface area contributed by atoms with Gasteiger partial charge in [0.25, 0.3) is 0 Å². The number of rotatable bonds is 3. The molecule has 0 aromatic heterocycles. The van der Waals surface area contributed by atoms with Crippen molar-refractivity contribution < 1.29 is 19.1 Å². The number of carbonyl (C=O) groups is 2. The second kappa shape index (κ2) is 7.08. The van der Waals surface area contributed by atoms with E-state index in [1.54, 1.807) is 11.8 Å². The Hall–Kier alpha value is -0.950. The van der Waals surface area contributed by atoms with Crippen LogP contribution in [0.25, 0.3) is 0 Å². The van der Waals surface area contributed by atoms with E-state index in [1.165, 1.54) is 4.90 Å². The molecule has 2 aliphatic rings. The topological polar surface area (TPSA) is 67.9 Å². The Balaban J connectivity index is 1.91. The third-order valence-electron chi connectivity index (χ3n) is 3.71. The maximum absolute atomic E-state index is 12.5. The molecular formula is C15H26N2O4S. The van der Waals surface area contributed by atoms with Crippen molar-refractivity contribution in [3.63, 3.8) is 0 Å². The van der Waals surface area contributed by atoms with Crippen LogP contribution in [0.3, 0.4) is 0 Å². The quantitative estimate of drug-likeness (QED) is 0.857. The van der Waals surface area contributed by atoms with Crippen LogP contribution in [-0.2, 0) is 14.3 Å². The van der Waals surface area contributed by atoms with E-state index in [-0.39, 0.29) is 18.1 Å². The van der Waals surface area contributed by atoms with Gasteiger partial charge in [-0.05, 0) is 40.5 Å². The molecule has 2 amide bonds. The van der Waals surface area contributed by atoms with Gasteiger partial charge in [0, 0.05) is 12.4 Å². The van der Waals surface area contributed by atoms with Gasteiger partial charge in [0.05, 0.1) is 18.0 Å². The maximum atomic E-state index is 12.5. The summed E-state index contributed by atoms with van der Waals surface area (Å²) in [6.45, 7) is 8.18. The van der Waals surface area contributed by atoms with Gasteiger partial charge in [-0.1, -0.05) is 0 Å². The normalized spacial score (nSPS) is 26.8. The molecule has 0 aromatic rings. The highest BCUT2D eigenvalue weighted by atomic mass is 32.2. The van der Waals surface area contributed by atoms with Gasteiger partial charge in [-0.25, -0.2) is 4.79 Å². The highest BCUT2D eigenvalue weighted by Gasteiger charge is 2.38. The average molecular weight is 330 g/mol. The first-order valence-corrected chi connectivity index (χ1v) is 8.93. The lowest BCUT2D eigenvalue weighted by atomic mass is 10.1. The van der Waals surface area contributed by atoms with Gasteiger partial charge >= 0.3 is 6.09 Å². The summed E-state index contributed by atoms with van der Waals surface area (Å²) in [6.07, 6.45) is 1.65. The van der Waals surface area contributed by atoms with Crippen molar-refractivity contribution >= 4 is 23.8 Å². The van der Waals surface area contributed by atoms with Crippen molar-refractivity contribution in [3.8, 4) is 0 Å². The van der Waals surface area contributed by atoms with Gasteiger partial charge in [0.2, 0.25) is 5.91 Å². The van der Waals surface area contributed by atoms with Gasteiger partial charge in [0.1, 0.15) is 11.6 Å². The summed E-state index contributed by atoms with van der Waals surface area (Å²) in [7, 11) is 0. The smallest absolute Gasteiger partial charge is 0.411 e. The SMILES string of the molecule is CC(NC(=O)[C@@H]1CSCN1C(=O)OC(C)(C)C)C1CCCO1. The fourth-order valence-electron chi connectivity index (χ4n) is 2.57. The molecule has 2 fully saturated rings. The summed E-state index contributed by atoms with van der Waals surface area (Å²) < 4.78 is 11.0. The second-order valence-electron chi connectivity index (χ2n) is 6.81. The third kappa shape index (κ3) is 4.52. The van der Waals surface area contributed by atoms with E-state index < -0.39 is 17.7 Å². The Morgan fingerprint density at radius 1 is 1.41 bits per heavy atom. The zero-order chi connectivity index (χ0) is 16.3. The fourth-order valence-corrected chi connectivity index (χ4v) is 3.71. The summed E-state index contributed by atoms with van der Waals surface area (Å²) in [5, 5.41) is 2.98. The van der Waals surface area contributed by atoms with Crippen LogP contribution in [0.2, 0.25) is 0 Å². The zero-order valence-electron chi connectivity index (χ0n) is 13.8. The molecule has 2 unspecified atom stereocenters. The molecule has 0 bridgehead atoms. The Morgan fingerprint density at radius 3 is 2.73 bits per heavy atom. The van der Waals surface area contributed by atoms with Crippen molar-refractivity contribution in [3.05, 3.63) is 0 Å². The molecule has 2 aliphatic heterocycles. The van der Waals surface area contributed by atoms with E-state index in [4.69, 9.17) is 9.47 Å². The molecule has 2 heterocycles. The minimum absolute atomic E-state index is 0.0407. The van der Waals surface area contributed by atoms with Gasteiger partial charge in [0.15, 0.2) is 0 Å². The van der Waals surface area contributed by atoms with Crippen LogP contribution in [0.15, 0.2) is 0 Å². The van der Waals surface area contributed by atoms with Gasteiger partial charge < -0.3 is 14.8 Å². The van der Waals surface area contributed by atoms with Crippen molar-refractivity contribution in [2.45, 2.75) is 64.3 Å². The van der Waals surface area contributed by atoms with Crippen LogP contribution in [0.4, 0.5) is 4.79 Å². The number of ether oxygens (including phenoxy) is 2. The van der Waals surface area contributed by atoms with Crippen LogP contribution in [0.5, 0.6) is 0 Å². The van der Waals surface area contributed by atoms with Crippen molar-refractivity contribution in [1.82, 2.24) is 10.2 Å². The van der Waals surface area contributed by atoms with E-state index in [0.29, 0.717) is 11.6 Å². The summed E-state index contributed by atoms with van der Waals surface area (Å²) in [5.74, 6) is 0.962. The lowest BCUT2D eigenvalue weighted by Crippen LogP contribution is -2.52. The van der Waals surface area contributed by atoms with E-state index in [1.807, 2.05) is 27.7 Å². The van der Waals surface area contributed by atoms with Crippen molar-refractivity contribution in [2.24, 2.45) is 0 Å². The van der Waals surface area contributed by atoms with E-state index in [0.717, 1.165) is 19.4 Å². The Labute approximate surface area is 136 Å². The van der Waals surface area contributed by atoms with Crippen LogP contribution in [-0.4, -0.2) is 58.9 Å². The predicted molar refractivity (Wildman–Crippen MR) is 85.8 cm³/mol. The van der Waals surface area contributed by atoms with Crippen LogP contribution in [0.1, 0.15) is 40.5 Å². The van der Waals surface area contributed by atoms with Crippen LogP contribution in [0, 0.1) is 0 Å². The minimum Gasteiger partial charge on any atom is -0.444 e. The Kier molecular flexibility index (Phi) is 5.60. The molecule has 126 valence electrons.